The molecule has 0 fully saturated rings. The van der Waals surface area contributed by atoms with E-state index in [4.69, 9.17) is 18.9 Å². The van der Waals surface area contributed by atoms with Gasteiger partial charge in [0.1, 0.15) is 0 Å². The molecule has 0 saturated heterocycles. The van der Waals surface area contributed by atoms with E-state index in [9.17, 15) is 4.79 Å². The minimum atomic E-state index is 0.0189. The summed E-state index contributed by atoms with van der Waals surface area (Å²) in [5.74, 6) is 2.53. The number of ketones is 1. The van der Waals surface area contributed by atoms with E-state index in [0.717, 1.165) is 42.0 Å². The first-order chi connectivity index (χ1) is 13.1. The zero-order valence-corrected chi connectivity index (χ0v) is 15.8. The molecule has 0 aromatic heterocycles. The third-order valence-electron chi connectivity index (χ3n) is 5.16. The van der Waals surface area contributed by atoms with Gasteiger partial charge in [0, 0.05) is 19.5 Å². The van der Waals surface area contributed by atoms with Crippen molar-refractivity contribution in [3.8, 4) is 23.0 Å². The Bertz CT molecular complexity index is 893. The fourth-order valence-electron chi connectivity index (χ4n) is 3.76. The summed E-state index contributed by atoms with van der Waals surface area (Å²) < 4.78 is 22.0. The number of carbonyl (C=O) groups is 1. The maximum Gasteiger partial charge on any atom is 0.231 e. The number of nitrogens with zero attached hydrogens (tertiary/aromatic N) is 1. The Balaban J connectivity index is 1.83. The number of fused-ring (bicyclic) bond motifs is 3. The fraction of sp³-hybridized carbons (Fsp3) is 0.381. The summed E-state index contributed by atoms with van der Waals surface area (Å²) in [6, 6.07) is 7.75. The topological polar surface area (TPSA) is 57.2 Å². The number of carbonyl (C=O) groups excluding carboxylic acids is 1. The van der Waals surface area contributed by atoms with E-state index in [-0.39, 0.29) is 19.0 Å². The van der Waals surface area contributed by atoms with Crippen LogP contribution in [0, 0.1) is 0 Å². The van der Waals surface area contributed by atoms with Crippen LogP contribution in [-0.4, -0.2) is 45.3 Å². The molecule has 0 radical (unpaired) electrons. The molecule has 0 N–H and O–H groups in total. The molecule has 6 nitrogen and oxygen atoms in total. The van der Waals surface area contributed by atoms with Gasteiger partial charge in [-0.15, -0.1) is 0 Å². The standard InChI is InChI=1S/C21H23NO5/c1-22-7-6-13-4-5-17(24-2)21(25-3)20(13)16(23)8-14-9-18-19(27-12-26-18)10-15(14)11-22/h4-5,9-10H,6-8,11-12H2,1-3H3. The molecule has 0 saturated carbocycles. The van der Waals surface area contributed by atoms with Crippen molar-refractivity contribution in [2.24, 2.45) is 0 Å². The summed E-state index contributed by atoms with van der Waals surface area (Å²) in [5.41, 5.74) is 3.62. The highest BCUT2D eigenvalue weighted by atomic mass is 16.7. The number of benzene rings is 2. The van der Waals surface area contributed by atoms with Crippen molar-refractivity contribution in [2.75, 3.05) is 34.6 Å². The van der Waals surface area contributed by atoms with Gasteiger partial charge in [0.2, 0.25) is 6.79 Å². The normalized spacial score (nSPS) is 16.5. The molecule has 0 amide bonds. The Labute approximate surface area is 158 Å². The lowest BCUT2D eigenvalue weighted by Gasteiger charge is -2.23. The van der Waals surface area contributed by atoms with Gasteiger partial charge in [0.25, 0.3) is 0 Å². The fourth-order valence-corrected chi connectivity index (χ4v) is 3.76. The van der Waals surface area contributed by atoms with Crippen LogP contribution in [0.1, 0.15) is 27.0 Å². The van der Waals surface area contributed by atoms with E-state index in [1.165, 1.54) is 0 Å². The van der Waals surface area contributed by atoms with E-state index in [1.807, 2.05) is 24.3 Å². The first kappa shape index (κ1) is 17.7. The Morgan fingerprint density at radius 3 is 2.44 bits per heavy atom. The van der Waals surface area contributed by atoms with Crippen LogP contribution in [0.15, 0.2) is 24.3 Å². The lowest BCUT2D eigenvalue weighted by molar-refractivity contribution is 0.0987. The zero-order chi connectivity index (χ0) is 19.0. The average Bonchev–Trinajstić information content (AvgIpc) is 3.12. The second kappa shape index (κ2) is 7.12. The molecule has 2 aromatic carbocycles. The lowest BCUT2D eigenvalue weighted by Crippen LogP contribution is -2.24. The molecule has 142 valence electrons. The quantitative estimate of drug-likeness (QED) is 0.811. The number of methoxy groups -OCH3 is 2. The summed E-state index contributed by atoms with van der Waals surface area (Å²) in [6.07, 6.45) is 1.04. The molecule has 2 heterocycles. The van der Waals surface area contributed by atoms with Crippen molar-refractivity contribution >= 4 is 5.78 Å². The minimum Gasteiger partial charge on any atom is -0.493 e. The van der Waals surface area contributed by atoms with Crippen LogP contribution in [0.25, 0.3) is 0 Å². The molecule has 0 spiro atoms. The van der Waals surface area contributed by atoms with Crippen LogP contribution in [0.2, 0.25) is 0 Å². The molecule has 0 bridgehead atoms. The maximum absolute atomic E-state index is 13.3. The Hall–Kier alpha value is -2.73. The molecular weight excluding hydrogens is 346 g/mol. The average molecular weight is 369 g/mol. The van der Waals surface area contributed by atoms with E-state index in [2.05, 4.69) is 11.9 Å². The van der Waals surface area contributed by atoms with Crippen molar-refractivity contribution in [3.63, 3.8) is 0 Å². The number of rotatable bonds is 2. The first-order valence-electron chi connectivity index (χ1n) is 8.97. The molecule has 27 heavy (non-hydrogen) atoms. The molecule has 4 rings (SSSR count). The van der Waals surface area contributed by atoms with Gasteiger partial charge in [-0.25, -0.2) is 0 Å². The van der Waals surface area contributed by atoms with E-state index in [0.29, 0.717) is 22.8 Å². The largest absolute Gasteiger partial charge is 0.493 e. The highest BCUT2D eigenvalue weighted by Gasteiger charge is 2.26. The van der Waals surface area contributed by atoms with Gasteiger partial charge in [0.05, 0.1) is 19.8 Å². The molecule has 2 aliphatic heterocycles. The number of ether oxygens (including phenoxy) is 4. The molecule has 6 heteroatoms. The Morgan fingerprint density at radius 1 is 1.00 bits per heavy atom. The van der Waals surface area contributed by atoms with Crippen LogP contribution in [-0.2, 0) is 19.4 Å². The smallest absolute Gasteiger partial charge is 0.231 e. The summed E-state index contributed by atoms with van der Waals surface area (Å²) in [4.78, 5) is 15.5. The van der Waals surface area contributed by atoms with Crippen LogP contribution < -0.4 is 18.9 Å². The second-order valence-electron chi connectivity index (χ2n) is 6.90. The summed E-state index contributed by atoms with van der Waals surface area (Å²) in [6.45, 7) is 1.79. The SMILES string of the molecule is COc1ccc2c(c1OC)C(=O)Cc1cc3c(cc1CN(C)CC2)OCO3. The second-order valence-corrected chi connectivity index (χ2v) is 6.90. The monoisotopic (exact) mass is 369 g/mol. The van der Waals surface area contributed by atoms with Crippen LogP contribution in [0.3, 0.4) is 0 Å². The summed E-state index contributed by atoms with van der Waals surface area (Å²) in [7, 11) is 5.24. The maximum atomic E-state index is 13.3. The molecule has 0 aliphatic carbocycles. The Kier molecular flexibility index (Phi) is 4.66. The zero-order valence-electron chi connectivity index (χ0n) is 15.8. The van der Waals surface area contributed by atoms with Crippen molar-refractivity contribution in [1.29, 1.82) is 0 Å². The van der Waals surface area contributed by atoms with Gasteiger partial charge in [0.15, 0.2) is 28.8 Å². The molecule has 2 aromatic rings. The predicted octanol–water partition coefficient (Wildman–Crippen LogP) is 2.85. The molecule has 0 unspecified atom stereocenters. The lowest BCUT2D eigenvalue weighted by atomic mass is 9.92. The van der Waals surface area contributed by atoms with Gasteiger partial charge in [-0.1, -0.05) is 6.07 Å². The van der Waals surface area contributed by atoms with E-state index < -0.39 is 0 Å². The first-order valence-corrected chi connectivity index (χ1v) is 8.97. The van der Waals surface area contributed by atoms with Gasteiger partial charge in [-0.2, -0.15) is 0 Å². The van der Waals surface area contributed by atoms with Crippen molar-refractivity contribution < 1.29 is 23.7 Å². The van der Waals surface area contributed by atoms with E-state index >= 15 is 0 Å². The molecule has 2 aliphatic rings. The van der Waals surface area contributed by atoms with Gasteiger partial charge >= 0.3 is 0 Å². The van der Waals surface area contributed by atoms with Gasteiger partial charge < -0.3 is 23.8 Å². The number of hydrogen-bond donors (Lipinski definition) is 0. The molecule has 0 atom stereocenters. The highest BCUT2D eigenvalue weighted by molar-refractivity contribution is 6.02. The van der Waals surface area contributed by atoms with Gasteiger partial charge in [-0.05, 0) is 48.4 Å². The van der Waals surface area contributed by atoms with Gasteiger partial charge in [-0.3, -0.25) is 4.79 Å². The van der Waals surface area contributed by atoms with E-state index in [1.54, 1.807) is 14.2 Å². The molecular formula is C21H23NO5. The third kappa shape index (κ3) is 3.21. The highest BCUT2D eigenvalue weighted by Crippen LogP contribution is 2.38. The minimum absolute atomic E-state index is 0.0189. The summed E-state index contributed by atoms with van der Waals surface area (Å²) in [5, 5.41) is 0. The summed E-state index contributed by atoms with van der Waals surface area (Å²) >= 11 is 0. The third-order valence-corrected chi connectivity index (χ3v) is 5.16. The Morgan fingerprint density at radius 2 is 1.74 bits per heavy atom. The van der Waals surface area contributed by atoms with Crippen molar-refractivity contribution in [2.45, 2.75) is 19.4 Å². The van der Waals surface area contributed by atoms with Crippen LogP contribution >= 0.6 is 0 Å². The number of hydrogen-bond acceptors (Lipinski definition) is 6. The van der Waals surface area contributed by atoms with Crippen LogP contribution in [0.4, 0.5) is 0 Å². The number of likely N-dealkylation sites (N-methyl/N-ethyl adjacent to an activating group) is 1. The van der Waals surface area contributed by atoms with Crippen molar-refractivity contribution in [3.05, 3.63) is 46.5 Å². The number of Topliss-reactive ketones (excluding diaryl/α,β-unsaturated/α-hetero) is 1. The van der Waals surface area contributed by atoms with Crippen molar-refractivity contribution in [1.82, 2.24) is 4.90 Å². The van der Waals surface area contributed by atoms with Crippen LogP contribution in [0.5, 0.6) is 23.0 Å². The predicted molar refractivity (Wildman–Crippen MR) is 100 cm³/mol.